The van der Waals surface area contributed by atoms with E-state index in [1.807, 2.05) is 0 Å². The number of rotatable bonds is 4. The van der Waals surface area contributed by atoms with Gasteiger partial charge in [0, 0.05) is 0 Å². The van der Waals surface area contributed by atoms with Crippen LogP contribution < -0.4 is 11.2 Å². The molecule has 120 valence electrons. The Kier molecular flexibility index (Phi) is 4.76. The molecule has 0 saturated heterocycles. The SMILES string of the molecule is Cl.O=c1[nH]c(=O)n(Cc2ccco2)c(O)c1/C=N/n1cnnc1. The summed E-state index contributed by atoms with van der Waals surface area (Å²) in [6.07, 6.45) is 5.16. The number of furan rings is 1. The Labute approximate surface area is 134 Å². The van der Waals surface area contributed by atoms with Gasteiger partial charge < -0.3 is 9.52 Å². The smallest absolute Gasteiger partial charge is 0.331 e. The van der Waals surface area contributed by atoms with Crippen LogP contribution in [0.2, 0.25) is 0 Å². The lowest BCUT2D eigenvalue weighted by molar-refractivity contribution is 0.392. The van der Waals surface area contributed by atoms with Gasteiger partial charge in [-0.2, -0.15) is 5.10 Å². The van der Waals surface area contributed by atoms with Crippen molar-refractivity contribution < 1.29 is 9.52 Å². The van der Waals surface area contributed by atoms with E-state index in [-0.39, 0.29) is 24.5 Å². The van der Waals surface area contributed by atoms with E-state index in [0.717, 1.165) is 10.8 Å². The molecule has 0 aliphatic carbocycles. The summed E-state index contributed by atoms with van der Waals surface area (Å²) >= 11 is 0. The third-order valence-electron chi connectivity index (χ3n) is 2.83. The first-order valence-electron chi connectivity index (χ1n) is 6.12. The van der Waals surface area contributed by atoms with Gasteiger partial charge in [-0.3, -0.25) is 14.3 Å². The van der Waals surface area contributed by atoms with Crippen molar-refractivity contribution in [2.24, 2.45) is 5.10 Å². The zero-order valence-corrected chi connectivity index (χ0v) is 12.3. The predicted molar refractivity (Wildman–Crippen MR) is 81.1 cm³/mol. The van der Waals surface area contributed by atoms with Gasteiger partial charge in [-0.15, -0.1) is 22.6 Å². The molecule has 23 heavy (non-hydrogen) atoms. The lowest BCUT2D eigenvalue weighted by Crippen LogP contribution is -2.32. The first-order valence-corrected chi connectivity index (χ1v) is 6.12. The first-order chi connectivity index (χ1) is 10.6. The van der Waals surface area contributed by atoms with E-state index >= 15 is 0 Å². The number of aromatic amines is 1. The van der Waals surface area contributed by atoms with Gasteiger partial charge in [0.2, 0.25) is 5.88 Å². The summed E-state index contributed by atoms with van der Waals surface area (Å²) in [4.78, 5) is 25.7. The molecule has 0 bridgehead atoms. The number of halogens is 1. The zero-order chi connectivity index (χ0) is 15.5. The molecule has 0 radical (unpaired) electrons. The van der Waals surface area contributed by atoms with Gasteiger partial charge in [0.25, 0.3) is 5.56 Å². The summed E-state index contributed by atoms with van der Waals surface area (Å²) in [5, 5.41) is 21.1. The monoisotopic (exact) mass is 338 g/mol. The molecule has 0 spiro atoms. The van der Waals surface area contributed by atoms with Crippen molar-refractivity contribution in [3.8, 4) is 5.88 Å². The molecule has 0 atom stereocenters. The van der Waals surface area contributed by atoms with Crippen LogP contribution in [0.5, 0.6) is 5.88 Å². The van der Waals surface area contributed by atoms with Crippen molar-refractivity contribution in [2.45, 2.75) is 6.54 Å². The fraction of sp³-hybridized carbons (Fsp3) is 0.0833. The third-order valence-corrected chi connectivity index (χ3v) is 2.83. The molecule has 0 saturated carbocycles. The Hall–Kier alpha value is -3.14. The topological polar surface area (TPSA) is 131 Å². The number of H-pyrrole nitrogens is 1. The van der Waals surface area contributed by atoms with Crippen LogP contribution in [-0.2, 0) is 6.54 Å². The molecule has 0 amide bonds. The van der Waals surface area contributed by atoms with Crippen LogP contribution in [0.1, 0.15) is 11.3 Å². The Morgan fingerprint density at radius 2 is 2.09 bits per heavy atom. The summed E-state index contributed by atoms with van der Waals surface area (Å²) in [6.45, 7) is -0.0259. The molecule has 3 rings (SSSR count). The van der Waals surface area contributed by atoms with Crippen LogP contribution >= 0.6 is 12.4 Å². The summed E-state index contributed by atoms with van der Waals surface area (Å²) in [6, 6.07) is 3.29. The summed E-state index contributed by atoms with van der Waals surface area (Å²) in [5.41, 5.74) is -1.67. The van der Waals surface area contributed by atoms with E-state index in [9.17, 15) is 14.7 Å². The predicted octanol–water partition coefficient (Wildman–Crippen LogP) is -0.221. The maximum absolute atomic E-state index is 11.8. The number of hydrogen-bond donors (Lipinski definition) is 2. The lowest BCUT2D eigenvalue weighted by atomic mass is 10.3. The fourth-order valence-electron chi connectivity index (χ4n) is 1.78. The van der Waals surface area contributed by atoms with Crippen molar-refractivity contribution in [1.82, 2.24) is 24.4 Å². The van der Waals surface area contributed by atoms with E-state index in [1.54, 1.807) is 12.1 Å². The second-order valence-corrected chi connectivity index (χ2v) is 4.25. The van der Waals surface area contributed by atoms with Gasteiger partial charge in [-0.05, 0) is 12.1 Å². The molecule has 0 aliphatic heterocycles. The Morgan fingerprint density at radius 1 is 1.35 bits per heavy atom. The molecule has 2 N–H and O–H groups in total. The average molecular weight is 339 g/mol. The minimum atomic E-state index is -0.755. The second-order valence-electron chi connectivity index (χ2n) is 4.25. The fourth-order valence-corrected chi connectivity index (χ4v) is 1.78. The van der Waals surface area contributed by atoms with Crippen LogP contribution in [0.15, 0.2) is 50.2 Å². The molecule has 0 aromatic carbocycles. The highest BCUT2D eigenvalue weighted by Crippen LogP contribution is 2.11. The summed E-state index contributed by atoms with van der Waals surface area (Å²) in [5.74, 6) is -0.0619. The summed E-state index contributed by atoms with van der Waals surface area (Å²) < 4.78 is 7.32. The number of hydrogen-bond acceptors (Lipinski definition) is 7. The number of nitrogens with zero attached hydrogens (tertiary/aromatic N) is 5. The van der Waals surface area contributed by atoms with E-state index in [4.69, 9.17) is 4.42 Å². The summed E-state index contributed by atoms with van der Waals surface area (Å²) in [7, 11) is 0. The molecule has 11 heteroatoms. The number of aromatic hydroxyl groups is 1. The van der Waals surface area contributed by atoms with Crippen molar-refractivity contribution in [2.75, 3.05) is 0 Å². The largest absolute Gasteiger partial charge is 0.494 e. The molecule has 3 heterocycles. The van der Waals surface area contributed by atoms with Crippen molar-refractivity contribution in [3.63, 3.8) is 0 Å². The van der Waals surface area contributed by atoms with Gasteiger partial charge in [-0.25, -0.2) is 9.47 Å². The number of nitrogens with one attached hydrogen (secondary N) is 1. The van der Waals surface area contributed by atoms with Crippen LogP contribution in [0.4, 0.5) is 0 Å². The minimum absolute atomic E-state index is 0. The average Bonchev–Trinajstić information content (AvgIpc) is 3.16. The lowest BCUT2D eigenvalue weighted by Gasteiger charge is -2.07. The minimum Gasteiger partial charge on any atom is -0.494 e. The number of aromatic nitrogens is 5. The zero-order valence-electron chi connectivity index (χ0n) is 11.5. The quantitative estimate of drug-likeness (QED) is 0.632. The molecule has 3 aromatic rings. The molecule has 10 nitrogen and oxygen atoms in total. The Morgan fingerprint density at radius 3 is 2.74 bits per heavy atom. The Bertz CT molecular complexity index is 910. The van der Waals surface area contributed by atoms with Crippen LogP contribution in [0.3, 0.4) is 0 Å². The van der Waals surface area contributed by atoms with Gasteiger partial charge in [0.1, 0.15) is 24.0 Å². The third kappa shape index (κ3) is 3.37. The second kappa shape index (κ2) is 6.75. The molecule has 0 fully saturated rings. The standard InChI is InChI=1S/C12H10N6O4.ClH/c19-10-9(4-15-17-6-13-14-7-17)11(20)18(12(21)16-10)5-8-2-1-3-22-8;/h1-4,6-7,20H,5H2,(H,16,19,21);1H/b15-4+;. The highest BCUT2D eigenvalue weighted by Gasteiger charge is 2.13. The van der Waals surface area contributed by atoms with Gasteiger partial charge in [0.15, 0.2) is 0 Å². The maximum Gasteiger partial charge on any atom is 0.331 e. The van der Waals surface area contributed by atoms with E-state index in [1.165, 1.54) is 23.6 Å². The molecule has 0 unspecified atom stereocenters. The van der Waals surface area contributed by atoms with Crippen LogP contribution in [-0.4, -0.2) is 35.7 Å². The van der Waals surface area contributed by atoms with Gasteiger partial charge >= 0.3 is 5.69 Å². The van der Waals surface area contributed by atoms with Crippen molar-refractivity contribution >= 4 is 18.6 Å². The molecular weight excluding hydrogens is 328 g/mol. The maximum atomic E-state index is 11.8. The van der Waals surface area contributed by atoms with E-state index in [2.05, 4.69) is 20.3 Å². The highest BCUT2D eigenvalue weighted by atomic mass is 35.5. The first kappa shape index (κ1) is 16.2. The van der Waals surface area contributed by atoms with Gasteiger partial charge in [0.05, 0.1) is 19.0 Å². The van der Waals surface area contributed by atoms with E-state index < -0.39 is 17.1 Å². The van der Waals surface area contributed by atoms with Crippen LogP contribution in [0, 0.1) is 0 Å². The molecule has 0 aliphatic rings. The molecular formula is C12H11ClN6O4. The Balaban J connectivity index is 0.00000192. The van der Waals surface area contributed by atoms with Crippen LogP contribution in [0.25, 0.3) is 0 Å². The highest BCUT2D eigenvalue weighted by molar-refractivity contribution is 5.85. The van der Waals surface area contributed by atoms with E-state index in [0.29, 0.717) is 5.76 Å². The van der Waals surface area contributed by atoms with Crippen molar-refractivity contribution in [3.05, 3.63) is 63.2 Å². The normalized spacial score (nSPS) is 10.8. The molecule has 3 aromatic heterocycles. The van der Waals surface area contributed by atoms with Crippen molar-refractivity contribution in [1.29, 1.82) is 0 Å². The van der Waals surface area contributed by atoms with Gasteiger partial charge in [-0.1, -0.05) is 0 Å².